The maximum Gasteiger partial charge on any atom is 0.0372 e. The van der Waals surface area contributed by atoms with Crippen molar-refractivity contribution < 1.29 is 0 Å². The van der Waals surface area contributed by atoms with Gasteiger partial charge in [-0.25, -0.2) is 0 Å². The summed E-state index contributed by atoms with van der Waals surface area (Å²) in [5.74, 6) is 0. The fourth-order valence-electron chi connectivity index (χ4n) is 0.250. The van der Waals surface area contributed by atoms with Gasteiger partial charge in [-0.05, 0) is 0 Å². The van der Waals surface area contributed by atoms with Gasteiger partial charge in [0.05, 0.1) is 0 Å². The Bertz CT molecular complexity index is 15.0. The average molecular weight is 123 g/mol. The van der Waals surface area contributed by atoms with Crippen LogP contribution >= 0.6 is 12.4 Å². The molecule has 0 aromatic heterocycles. The third-order valence-electron chi connectivity index (χ3n) is 0.500. The molecule has 0 rings (SSSR count). The first-order valence-electron chi connectivity index (χ1n) is 2.12. The molecule has 0 heterocycles. The predicted octanol–water partition coefficient (Wildman–Crippen LogP) is 1.99. The first kappa shape index (κ1) is 9.71. The Morgan fingerprint density at radius 1 is 1.17 bits per heavy atom. The van der Waals surface area contributed by atoms with Crippen LogP contribution in [-0.4, -0.2) is 9.52 Å². The van der Waals surface area contributed by atoms with Crippen LogP contribution in [0.5, 0.6) is 0 Å². The Morgan fingerprint density at radius 2 is 1.50 bits per heavy atom. The van der Waals surface area contributed by atoms with Gasteiger partial charge in [0.15, 0.2) is 0 Å². The Morgan fingerprint density at radius 3 is 1.50 bits per heavy atom. The monoisotopic (exact) mass is 122 g/mol. The van der Waals surface area contributed by atoms with Gasteiger partial charge >= 0.3 is 0 Å². The minimum Gasteiger partial charge on any atom is -0.147 e. The van der Waals surface area contributed by atoms with Gasteiger partial charge in [-0.3, -0.25) is 0 Å². The molecule has 0 atom stereocenters. The smallest absolute Gasteiger partial charge is 0.0372 e. The first-order chi connectivity index (χ1) is 2.41. The zero-order valence-corrected chi connectivity index (χ0v) is 6.14. The van der Waals surface area contributed by atoms with Crippen LogP contribution in [0.25, 0.3) is 0 Å². The molecule has 2 radical (unpaired) electrons. The molecule has 0 unspecified atom stereocenters. The fourth-order valence-corrected chi connectivity index (χ4v) is 0.750. The molecular formula is C4H11ClSi. The Hall–Kier alpha value is 0.507. The largest absolute Gasteiger partial charge is 0.147 e. The molecule has 0 aliphatic carbocycles. The van der Waals surface area contributed by atoms with Gasteiger partial charge in [-0.2, -0.15) is 0 Å². The highest BCUT2D eigenvalue weighted by Gasteiger charge is 1.70. The Labute approximate surface area is 48.6 Å². The summed E-state index contributed by atoms with van der Waals surface area (Å²) in [6.45, 7) is 4.45. The van der Waals surface area contributed by atoms with Crippen molar-refractivity contribution in [1.29, 1.82) is 0 Å². The van der Waals surface area contributed by atoms with Crippen LogP contribution in [0.2, 0.25) is 12.1 Å². The summed E-state index contributed by atoms with van der Waals surface area (Å²) >= 11 is 0. The van der Waals surface area contributed by atoms with Crippen molar-refractivity contribution in [2.75, 3.05) is 0 Å². The third-order valence-corrected chi connectivity index (χ3v) is 1.50. The molecule has 0 N–H and O–H groups in total. The lowest BCUT2D eigenvalue weighted by molar-refractivity contribution is 1.36. The minimum absolute atomic E-state index is 0. The summed E-state index contributed by atoms with van der Waals surface area (Å²) in [5, 5.41) is 0. The van der Waals surface area contributed by atoms with Crippen molar-refractivity contribution in [3.8, 4) is 0 Å². The van der Waals surface area contributed by atoms with Crippen molar-refractivity contribution >= 4 is 21.9 Å². The molecule has 0 aliphatic heterocycles. The third kappa shape index (κ3) is 8.82. The molecule has 2 heteroatoms. The lowest BCUT2D eigenvalue weighted by Crippen LogP contribution is -1.76. The fraction of sp³-hybridized carbons (Fsp3) is 1.00. The van der Waals surface area contributed by atoms with Gasteiger partial charge in [-0.1, -0.05) is 25.9 Å². The van der Waals surface area contributed by atoms with E-state index in [0.717, 1.165) is 0 Å². The maximum absolute atomic E-state index is 2.22. The quantitative estimate of drug-likeness (QED) is 0.492. The summed E-state index contributed by atoms with van der Waals surface area (Å²) in [6.07, 6.45) is 0. The van der Waals surface area contributed by atoms with Gasteiger partial charge in [0, 0.05) is 9.52 Å². The molecule has 0 aliphatic rings. The van der Waals surface area contributed by atoms with Gasteiger partial charge in [-0.15, -0.1) is 12.4 Å². The lowest BCUT2D eigenvalue weighted by Gasteiger charge is -1.76. The highest BCUT2D eigenvalue weighted by molar-refractivity contribution is 6.34. The molecule has 38 valence electrons. The predicted molar refractivity (Wildman–Crippen MR) is 34.0 cm³/mol. The van der Waals surface area contributed by atoms with E-state index in [1.807, 2.05) is 0 Å². The molecule has 0 bridgehead atoms. The molecule has 0 saturated heterocycles. The minimum atomic E-state index is 0. The van der Waals surface area contributed by atoms with Crippen molar-refractivity contribution in [2.45, 2.75) is 25.9 Å². The van der Waals surface area contributed by atoms with Crippen LogP contribution in [0.4, 0.5) is 0 Å². The average Bonchev–Trinajstić information content (AvgIpc) is 1.41. The summed E-state index contributed by atoms with van der Waals surface area (Å²) in [7, 11) is 1.20. The molecule has 0 aromatic carbocycles. The van der Waals surface area contributed by atoms with E-state index in [1.54, 1.807) is 0 Å². The Balaban J connectivity index is 0. The van der Waals surface area contributed by atoms with Crippen molar-refractivity contribution in [3.05, 3.63) is 0 Å². The topological polar surface area (TPSA) is 0 Å². The molecular weight excluding hydrogens is 112 g/mol. The second kappa shape index (κ2) is 9.10. The number of rotatable bonds is 2. The molecule has 0 saturated carbocycles. The van der Waals surface area contributed by atoms with Crippen molar-refractivity contribution in [3.63, 3.8) is 0 Å². The molecule has 0 amide bonds. The van der Waals surface area contributed by atoms with E-state index in [2.05, 4.69) is 13.8 Å². The van der Waals surface area contributed by atoms with E-state index in [1.165, 1.54) is 21.6 Å². The summed E-state index contributed by atoms with van der Waals surface area (Å²) in [6, 6.07) is 2.74. The number of halogens is 1. The normalized spacial score (nSPS) is 7.00. The summed E-state index contributed by atoms with van der Waals surface area (Å²) in [5.41, 5.74) is 0. The van der Waals surface area contributed by atoms with Crippen LogP contribution in [0.15, 0.2) is 0 Å². The van der Waals surface area contributed by atoms with E-state index < -0.39 is 0 Å². The standard InChI is InChI=1S/C4H10Si.ClH/c1-3-5-4-2;/h3-4H2,1-2H3;1H. The second-order valence-electron chi connectivity index (χ2n) is 0.957. The van der Waals surface area contributed by atoms with E-state index in [4.69, 9.17) is 0 Å². The SMILES string of the molecule is CC[Si]CC.Cl. The molecule has 0 fully saturated rings. The van der Waals surface area contributed by atoms with Crippen LogP contribution in [0.3, 0.4) is 0 Å². The Kier molecular flexibility index (Phi) is 14.7. The van der Waals surface area contributed by atoms with Crippen LogP contribution < -0.4 is 0 Å². The molecule has 0 aromatic rings. The van der Waals surface area contributed by atoms with Gasteiger partial charge in [0.1, 0.15) is 0 Å². The van der Waals surface area contributed by atoms with E-state index in [9.17, 15) is 0 Å². The zero-order chi connectivity index (χ0) is 4.12. The number of hydrogen-bond donors (Lipinski definition) is 0. The summed E-state index contributed by atoms with van der Waals surface area (Å²) < 4.78 is 0. The zero-order valence-electron chi connectivity index (χ0n) is 4.32. The van der Waals surface area contributed by atoms with Crippen molar-refractivity contribution in [1.82, 2.24) is 0 Å². The lowest BCUT2D eigenvalue weighted by atomic mass is 11.0. The molecule has 6 heavy (non-hydrogen) atoms. The second-order valence-corrected chi connectivity index (χ2v) is 2.87. The van der Waals surface area contributed by atoms with Crippen LogP contribution in [0, 0.1) is 0 Å². The van der Waals surface area contributed by atoms with Crippen molar-refractivity contribution in [2.24, 2.45) is 0 Å². The van der Waals surface area contributed by atoms with Crippen LogP contribution in [0.1, 0.15) is 13.8 Å². The van der Waals surface area contributed by atoms with Gasteiger partial charge < -0.3 is 0 Å². The van der Waals surface area contributed by atoms with Gasteiger partial charge in [0.2, 0.25) is 0 Å². The van der Waals surface area contributed by atoms with E-state index >= 15 is 0 Å². The maximum atomic E-state index is 2.22. The highest BCUT2D eigenvalue weighted by atomic mass is 35.5. The number of hydrogen-bond acceptors (Lipinski definition) is 0. The molecule has 0 spiro atoms. The van der Waals surface area contributed by atoms with Gasteiger partial charge in [0.25, 0.3) is 0 Å². The van der Waals surface area contributed by atoms with Crippen LogP contribution in [-0.2, 0) is 0 Å². The van der Waals surface area contributed by atoms with E-state index in [0.29, 0.717) is 0 Å². The highest BCUT2D eigenvalue weighted by Crippen LogP contribution is 1.77. The van der Waals surface area contributed by atoms with E-state index in [-0.39, 0.29) is 12.4 Å². The molecule has 0 nitrogen and oxygen atoms in total. The first-order valence-corrected chi connectivity index (χ1v) is 3.54. The summed E-state index contributed by atoms with van der Waals surface area (Å²) in [4.78, 5) is 0.